The zero-order chi connectivity index (χ0) is 12.1. The Hall–Kier alpha value is -0.0400. The Morgan fingerprint density at radius 1 is 0.812 bits per heavy atom. The highest BCUT2D eigenvalue weighted by Gasteiger charge is 2.22. The van der Waals surface area contributed by atoms with Crippen molar-refractivity contribution in [2.45, 2.75) is 66.3 Å². The molecule has 0 bridgehead atoms. The van der Waals surface area contributed by atoms with Crippen LogP contribution >= 0.6 is 0 Å². The van der Waals surface area contributed by atoms with Gasteiger partial charge in [-0.2, -0.15) is 0 Å². The molecule has 0 aliphatic carbocycles. The van der Waals surface area contributed by atoms with Crippen LogP contribution in [-0.4, -0.2) is 24.0 Å². The first kappa shape index (κ1) is 14.0. The van der Waals surface area contributed by atoms with Crippen molar-refractivity contribution < 1.29 is 0 Å². The van der Waals surface area contributed by atoms with E-state index in [0.717, 1.165) is 23.8 Å². The van der Waals surface area contributed by atoms with Crippen LogP contribution < -0.4 is 0 Å². The van der Waals surface area contributed by atoms with E-state index >= 15 is 0 Å². The highest BCUT2D eigenvalue weighted by molar-refractivity contribution is 4.76. The molecule has 0 radical (unpaired) electrons. The van der Waals surface area contributed by atoms with Gasteiger partial charge in [0.25, 0.3) is 0 Å². The van der Waals surface area contributed by atoms with Gasteiger partial charge in [-0.25, -0.2) is 0 Å². The summed E-state index contributed by atoms with van der Waals surface area (Å²) in [6.45, 7) is 14.7. The highest BCUT2D eigenvalue weighted by Crippen LogP contribution is 2.26. The van der Waals surface area contributed by atoms with Gasteiger partial charge in [-0.05, 0) is 63.5 Å². The van der Waals surface area contributed by atoms with Crippen LogP contribution in [0.4, 0.5) is 0 Å². The second-order valence-electron chi connectivity index (χ2n) is 6.41. The van der Waals surface area contributed by atoms with E-state index in [2.05, 4.69) is 39.5 Å². The van der Waals surface area contributed by atoms with E-state index < -0.39 is 0 Å². The van der Waals surface area contributed by atoms with Crippen molar-refractivity contribution in [3.8, 4) is 0 Å². The van der Waals surface area contributed by atoms with E-state index in [1.165, 1.54) is 38.8 Å². The summed E-state index contributed by atoms with van der Waals surface area (Å²) >= 11 is 0. The molecule has 0 aromatic carbocycles. The lowest BCUT2D eigenvalue weighted by molar-refractivity contribution is 0.194. The minimum absolute atomic E-state index is 0.798. The SMILES string of the molecule is CC(C)CC(C)C(C)CC(C)N1CCCC1. The second kappa shape index (κ2) is 6.64. The average molecular weight is 225 g/mol. The van der Waals surface area contributed by atoms with Crippen LogP contribution in [0.5, 0.6) is 0 Å². The molecule has 1 heteroatoms. The standard InChI is InChI=1S/C15H31N/c1-12(2)10-13(3)14(4)11-15(5)16-8-6-7-9-16/h12-15H,6-11H2,1-5H3. The summed E-state index contributed by atoms with van der Waals surface area (Å²) in [4.78, 5) is 2.68. The average Bonchev–Trinajstić information content (AvgIpc) is 2.68. The summed E-state index contributed by atoms with van der Waals surface area (Å²) in [5.74, 6) is 2.60. The minimum atomic E-state index is 0.798. The summed E-state index contributed by atoms with van der Waals surface area (Å²) in [7, 11) is 0. The maximum atomic E-state index is 2.68. The Morgan fingerprint density at radius 2 is 1.31 bits per heavy atom. The molecule has 3 atom stereocenters. The Labute approximate surface area is 103 Å². The summed E-state index contributed by atoms with van der Waals surface area (Å²) in [6, 6.07) is 0.798. The van der Waals surface area contributed by atoms with Crippen molar-refractivity contribution in [3.05, 3.63) is 0 Å². The van der Waals surface area contributed by atoms with Gasteiger partial charge in [-0.3, -0.25) is 0 Å². The molecule has 1 rings (SSSR count). The van der Waals surface area contributed by atoms with Crippen molar-refractivity contribution in [2.75, 3.05) is 13.1 Å². The Morgan fingerprint density at radius 3 is 1.81 bits per heavy atom. The first-order chi connectivity index (χ1) is 7.50. The summed E-state index contributed by atoms with van der Waals surface area (Å²) in [6.07, 6.45) is 5.60. The molecule has 1 fully saturated rings. The lowest BCUT2D eigenvalue weighted by atomic mass is 9.84. The lowest BCUT2D eigenvalue weighted by Crippen LogP contribution is -2.32. The van der Waals surface area contributed by atoms with Crippen molar-refractivity contribution in [2.24, 2.45) is 17.8 Å². The van der Waals surface area contributed by atoms with Gasteiger partial charge >= 0.3 is 0 Å². The van der Waals surface area contributed by atoms with E-state index in [1.54, 1.807) is 0 Å². The molecule has 3 unspecified atom stereocenters. The largest absolute Gasteiger partial charge is 0.301 e. The molecule has 1 aliphatic heterocycles. The minimum Gasteiger partial charge on any atom is -0.301 e. The van der Waals surface area contributed by atoms with Gasteiger partial charge in [-0.1, -0.05) is 27.7 Å². The molecule has 1 nitrogen and oxygen atoms in total. The molecule has 16 heavy (non-hydrogen) atoms. The molecule has 1 heterocycles. The highest BCUT2D eigenvalue weighted by atomic mass is 15.2. The fourth-order valence-electron chi connectivity index (χ4n) is 3.08. The second-order valence-corrected chi connectivity index (χ2v) is 6.41. The zero-order valence-electron chi connectivity index (χ0n) is 12.0. The van der Waals surface area contributed by atoms with Crippen LogP contribution in [0.2, 0.25) is 0 Å². The first-order valence-electron chi connectivity index (χ1n) is 7.24. The lowest BCUT2D eigenvalue weighted by Gasteiger charge is -2.29. The van der Waals surface area contributed by atoms with Crippen molar-refractivity contribution in [3.63, 3.8) is 0 Å². The predicted octanol–water partition coefficient (Wildman–Crippen LogP) is 4.18. The Kier molecular flexibility index (Phi) is 5.82. The van der Waals surface area contributed by atoms with Crippen LogP contribution in [0.25, 0.3) is 0 Å². The smallest absolute Gasteiger partial charge is 0.00695 e. The van der Waals surface area contributed by atoms with Crippen LogP contribution in [-0.2, 0) is 0 Å². The van der Waals surface area contributed by atoms with Crippen molar-refractivity contribution >= 4 is 0 Å². The van der Waals surface area contributed by atoms with Gasteiger partial charge in [0.15, 0.2) is 0 Å². The van der Waals surface area contributed by atoms with Crippen molar-refractivity contribution in [1.29, 1.82) is 0 Å². The molecule has 0 aromatic heterocycles. The molecular weight excluding hydrogens is 194 g/mol. The third-order valence-corrected chi connectivity index (χ3v) is 4.29. The number of likely N-dealkylation sites (tertiary alicyclic amines) is 1. The van der Waals surface area contributed by atoms with Gasteiger partial charge in [0, 0.05) is 6.04 Å². The van der Waals surface area contributed by atoms with Crippen molar-refractivity contribution in [1.82, 2.24) is 4.90 Å². The maximum Gasteiger partial charge on any atom is 0.00695 e. The third-order valence-electron chi connectivity index (χ3n) is 4.29. The number of hydrogen-bond acceptors (Lipinski definition) is 1. The molecule has 96 valence electrons. The van der Waals surface area contributed by atoms with Gasteiger partial charge < -0.3 is 4.90 Å². The zero-order valence-corrected chi connectivity index (χ0v) is 12.0. The third kappa shape index (κ3) is 4.45. The van der Waals surface area contributed by atoms with Gasteiger partial charge in [0.1, 0.15) is 0 Å². The van der Waals surface area contributed by atoms with Crippen LogP contribution in [0.1, 0.15) is 60.3 Å². The molecule has 1 aliphatic rings. The maximum absolute atomic E-state index is 2.68. The van der Waals surface area contributed by atoms with E-state index in [4.69, 9.17) is 0 Å². The monoisotopic (exact) mass is 225 g/mol. The van der Waals surface area contributed by atoms with E-state index in [1.807, 2.05) is 0 Å². The Bertz CT molecular complexity index is 182. The summed E-state index contributed by atoms with van der Waals surface area (Å²) in [5.41, 5.74) is 0. The predicted molar refractivity (Wildman–Crippen MR) is 72.7 cm³/mol. The fraction of sp³-hybridized carbons (Fsp3) is 1.00. The molecule has 0 saturated carbocycles. The fourth-order valence-corrected chi connectivity index (χ4v) is 3.08. The number of nitrogens with zero attached hydrogens (tertiary/aromatic N) is 1. The molecular formula is C15H31N. The number of rotatable bonds is 6. The quantitative estimate of drug-likeness (QED) is 0.655. The molecule has 0 amide bonds. The number of hydrogen-bond donors (Lipinski definition) is 0. The summed E-state index contributed by atoms with van der Waals surface area (Å²) < 4.78 is 0. The van der Waals surface area contributed by atoms with Gasteiger partial charge in [-0.15, -0.1) is 0 Å². The topological polar surface area (TPSA) is 3.24 Å². The van der Waals surface area contributed by atoms with Crippen LogP contribution in [0, 0.1) is 17.8 Å². The van der Waals surface area contributed by atoms with E-state index in [9.17, 15) is 0 Å². The molecule has 0 aromatic rings. The van der Waals surface area contributed by atoms with Crippen LogP contribution in [0.3, 0.4) is 0 Å². The molecule has 0 spiro atoms. The normalized spacial score (nSPS) is 23.6. The van der Waals surface area contributed by atoms with Gasteiger partial charge in [0.2, 0.25) is 0 Å². The first-order valence-corrected chi connectivity index (χ1v) is 7.24. The van der Waals surface area contributed by atoms with E-state index in [0.29, 0.717) is 0 Å². The Balaban J connectivity index is 2.28. The van der Waals surface area contributed by atoms with E-state index in [-0.39, 0.29) is 0 Å². The van der Waals surface area contributed by atoms with Gasteiger partial charge in [0.05, 0.1) is 0 Å². The molecule has 0 N–H and O–H groups in total. The van der Waals surface area contributed by atoms with Crippen LogP contribution in [0.15, 0.2) is 0 Å². The molecule has 1 saturated heterocycles. The summed E-state index contributed by atoms with van der Waals surface area (Å²) in [5, 5.41) is 0.